The number of fused-ring (bicyclic) bond motifs is 1. The summed E-state index contributed by atoms with van der Waals surface area (Å²) < 4.78 is 26.7. The Labute approximate surface area is 178 Å². The molecule has 1 fully saturated rings. The van der Waals surface area contributed by atoms with Gasteiger partial charge in [-0.15, -0.1) is 0 Å². The first-order valence-electron chi connectivity index (χ1n) is 10.7. The summed E-state index contributed by atoms with van der Waals surface area (Å²) in [6, 6.07) is 15.2. The van der Waals surface area contributed by atoms with Crippen molar-refractivity contribution in [2.24, 2.45) is 0 Å². The standard InChI is InChI=1S/C23H29N3O3S/c1-18-17-20-7-2-3-8-22(20)26(18)16-6-13-24-23(27)19-9-11-21(12-10-19)30(28,29)25-14-4-5-15-25/h2-3,7-12,18H,4-6,13-17H2,1H3,(H,24,27)/t18-/m1/s1. The second-order valence-corrected chi connectivity index (χ2v) is 10.1. The lowest BCUT2D eigenvalue weighted by atomic mass is 10.1. The molecular weight excluding hydrogens is 398 g/mol. The molecule has 1 saturated heterocycles. The highest BCUT2D eigenvalue weighted by Crippen LogP contribution is 2.31. The third-order valence-electron chi connectivity index (χ3n) is 6.03. The number of amides is 1. The zero-order chi connectivity index (χ0) is 21.1. The molecule has 160 valence electrons. The molecule has 0 aromatic heterocycles. The molecule has 0 saturated carbocycles. The van der Waals surface area contributed by atoms with Gasteiger partial charge in [-0.3, -0.25) is 4.79 Å². The smallest absolute Gasteiger partial charge is 0.251 e. The second kappa shape index (κ2) is 8.78. The van der Waals surface area contributed by atoms with E-state index in [1.54, 1.807) is 12.1 Å². The molecule has 2 aromatic carbocycles. The zero-order valence-corrected chi connectivity index (χ0v) is 18.2. The Morgan fingerprint density at radius 1 is 1.07 bits per heavy atom. The first-order chi connectivity index (χ1) is 14.5. The first-order valence-corrected chi connectivity index (χ1v) is 12.1. The van der Waals surface area contributed by atoms with Gasteiger partial charge < -0.3 is 10.2 Å². The summed E-state index contributed by atoms with van der Waals surface area (Å²) in [6.45, 7) is 4.86. The van der Waals surface area contributed by atoms with Crippen LogP contribution in [-0.2, 0) is 16.4 Å². The van der Waals surface area contributed by atoms with Gasteiger partial charge >= 0.3 is 0 Å². The number of rotatable bonds is 7. The van der Waals surface area contributed by atoms with Gasteiger partial charge in [-0.25, -0.2) is 8.42 Å². The van der Waals surface area contributed by atoms with Gasteiger partial charge in [0, 0.05) is 43.5 Å². The van der Waals surface area contributed by atoms with Crippen LogP contribution in [0.5, 0.6) is 0 Å². The Morgan fingerprint density at radius 3 is 2.50 bits per heavy atom. The molecule has 30 heavy (non-hydrogen) atoms. The van der Waals surface area contributed by atoms with Crippen molar-refractivity contribution in [3.05, 3.63) is 59.7 Å². The highest BCUT2D eigenvalue weighted by molar-refractivity contribution is 7.89. The Kier molecular flexibility index (Phi) is 6.11. The minimum atomic E-state index is -3.45. The van der Waals surface area contributed by atoms with Crippen molar-refractivity contribution < 1.29 is 13.2 Å². The van der Waals surface area contributed by atoms with E-state index in [4.69, 9.17) is 0 Å². The highest BCUT2D eigenvalue weighted by atomic mass is 32.2. The molecule has 0 bridgehead atoms. The highest BCUT2D eigenvalue weighted by Gasteiger charge is 2.27. The molecule has 0 aliphatic carbocycles. The van der Waals surface area contributed by atoms with E-state index in [0.717, 1.165) is 32.2 Å². The van der Waals surface area contributed by atoms with Crippen LogP contribution in [0.25, 0.3) is 0 Å². The third-order valence-corrected chi connectivity index (χ3v) is 7.94. The van der Waals surface area contributed by atoms with Crippen molar-refractivity contribution >= 4 is 21.6 Å². The lowest BCUT2D eigenvalue weighted by Crippen LogP contribution is -2.33. The van der Waals surface area contributed by atoms with Crippen molar-refractivity contribution in [2.75, 3.05) is 31.1 Å². The molecule has 2 aromatic rings. The summed E-state index contributed by atoms with van der Waals surface area (Å²) in [5, 5.41) is 2.95. The van der Waals surface area contributed by atoms with Crippen LogP contribution in [0.4, 0.5) is 5.69 Å². The minimum Gasteiger partial charge on any atom is -0.368 e. The van der Waals surface area contributed by atoms with Crippen molar-refractivity contribution in [3.63, 3.8) is 0 Å². The molecule has 1 N–H and O–H groups in total. The predicted molar refractivity (Wildman–Crippen MR) is 118 cm³/mol. The Bertz CT molecular complexity index is 999. The maximum Gasteiger partial charge on any atom is 0.251 e. The summed E-state index contributed by atoms with van der Waals surface area (Å²) in [6.07, 6.45) is 3.73. The Hall–Kier alpha value is -2.38. The first kappa shape index (κ1) is 20.9. The molecule has 1 amide bonds. The van der Waals surface area contributed by atoms with E-state index in [1.807, 2.05) is 0 Å². The average molecular weight is 428 g/mol. The van der Waals surface area contributed by atoms with Gasteiger partial charge in [0.2, 0.25) is 10.0 Å². The van der Waals surface area contributed by atoms with Crippen LogP contribution in [0.3, 0.4) is 0 Å². The fourth-order valence-electron chi connectivity index (χ4n) is 4.38. The molecular formula is C23H29N3O3S. The quantitative estimate of drug-likeness (QED) is 0.690. The number of benzene rings is 2. The van der Waals surface area contributed by atoms with Gasteiger partial charge in [0.05, 0.1) is 4.90 Å². The number of nitrogens with one attached hydrogen (secondary N) is 1. The molecule has 6 nitrogen and oxygen atoms in total. The van der Waals surface area contributed by atoms with Crippen molar-refractivity contribution in [1.29, 1.82) is 0 Å². The molecule has 0 unspecified atom stereocenters. The van der Waals surface area contributed by atoms with Crippen LogP contribution in [0.15, 0.2) is 53.4 Å². The molecule has 2 aliphatic heterocycles. The number of hydrogen-bond donors (Lipinski definition) is 1. The lowest BCUT2D eigenvalue weighted by Gasteiger charge is -2.25. The van der Waals surface area contributed by atoms with Gasteiger partial charge in [-0.05, 0) is 68.5 Å². The van der Waals surface area contributed by atoms with Gasteiger partial charge in [0.1, 0.15) is 0 Å². The number of para-hydroxylation sites is 1. The van der Waals surface area contributed by atoms with E-state index in [1.165, 1.54) is 27.7 Å². The summed E-state index contributed by atoms with van der Waals surface area (Å²) in [4.78, 5) is 15.1. The number of anilines is 1. The predicted octanol–water partition coefficient (Wildman–Crippen LogP) is 3.04. The van der Waals surface area contributed by atoms with Crippen molar-refractivity contribution in [2.45, 2.75) is 43.5 Å². The van der Waals surface area contributed by atoms with Crippen LogP contribution in [0.1, 0.15) is 42.1 Å². The van der Waals surface area contributed by atoms with E-state index in [2.05, 4.69) is 41.4 Å². The second-order valence-electron chi connectivity index (χ2n) is 8.12. The van der Waals surface area contributed by atoms with E-state index >= 15 is 0 Å². The SMILES string of the molecule is C[C@@H]1Cc2ccccc2N1CCCNC(=O)c1ccc(S(=O)(=O)N2CCCC2)cc1. The fourth-order valence-corrected chi connectivity index (χ4v) is 5.90. The van der Waals surface area contributed by atoms with E-state index < -0.39 is 10.0 Å². The summed E-state index contributed by atoms with van der Waals surface area (Å²) in [5.41, 5.74) is 3.17. The van der Waals surface area contributed by atoms with Crippen molar-refractivity contribution in [3.8, 4) is 0 Å². The van der Waals surface area contributed by atoms with Crippen LogP contribution in [0.2, 0.25) is 0 Å². The van der Waals surface area contributed by atoms with Crippen molar-refractivity contribution in [1.82, 2.24) is 9.62 Å². The normalized spacial score (nSPS) is 19.1. The number of nitrogens with zero attached hydrogens (tertiary/aromatic N) is 2. The van der Waals surface area contributed by atoms with Crippen LogP contribution in [-0.4, -0.2) is 50.9 Å². The maximum absolute atomic E-state index is 12.6. The third kappa shape index (κ3) is 4.23. The van der Waals surface area contributed by atoms with Gasteiger partial charge in [0.15, 0.2) is 0 Å². The number of hydrogen-bond acceptors (Lipinski definition) is 4. The topological polar surface area (TPSA) is 69.7 Å². The largest absolute Gasteiger partial charge is 0.368 e. The average Bonchev–Trinajstić information content (AvgIpc) is 3.40. The summed E-state index contributed by atoms with van der Waals surface area (Å²) >= 11 is 0. The number of carbonyl (C=O) groups excluding carboxylic acids is 1. The monoisotopic (exact) mass is 427 g/mol. The summed E-state index contributed by atoms with van der Waals surface area (Å²) in [5.74, 6) is -0.171. The molecule has 4 rings (SSSR count). The molecule has 2 aliphatic rings. The van der Waals surface area contributed by atoms with Crippen LogP contribution >= 0.6 is 0 Å². The van der Waals surface area contributed by atoms with Crippen LogP contribution in [0, 0.1) is 0 Å². The van der Waals surface area contributed by atoms with Gasteiger partial charge in [-0.2, -0.15) is 4.31 Å². The fraction of sp³-hybridized carbons (Fsp3) is 0.435. The molecule has 1 atom stereocenters. The number of sulfonamides is 1. The number of carbonyl (C=O) groups is 1. The zero-order valence-electron chi connectivity index (χ0n) is 17.4. The van der Waals surface area contributed by atoms with Gasteiger partial charge in [0.25, 0.3) is 5.91 Å². The van der Waals surface area contributed by atoms with Gasteiger partial charge in [-0.1, -0.05) is 18.2 Å². The minimum absolute atomic E-state index is 0.171. The molecule has 7 heteroatoms. The maximum atomic E-state index is 12.6. The Balaban J connectivity index is 1.28. The lowest BCUT2D eigenvalue weighted by molar-refractivity contribution is 0.0953. The molecule has 0 radical (unpaired) electrons. The van der Waals surface area contributed by atoms with Crippen LogP contribution < -0.4 is 10.2 Å². The van der Waals surface area contributed by atoms with E-state index in [0.29, 0.717) is 31.2 Å². The van der Waals surface area contributed by atoms with E-state index in [9.17, 15) is 13.2 Å². The molecule has 2 heterocycles. The summed E-state index contributed by atoms with van der Waals surface area (Å²) in [7, 11) is -3.45. The molecule has 0 spiro atoms. The Morgan fingerprint density at radius 2 is 1.77 bits per heavy atom. The van der Waals surface area contributed by atoms with E-state index in [-0.39, 0.29) is 10.8 Å².